The van der Waals surface area contributed by atoms with Crippen LogP contribution in [-0.2, 0) is 11.2 Å². The summed E-state index contributed by atoms with van der Waals surface area (Å²) in [6, 6.07) is 8.17. The van der Waals surface area contributed by atoms with Crippen LogP contribution in [0, 0.1) is 19.3 Å². The van der Waals surface area contributed by atoms with Crippen LogP contribution in [0.3, 0.4) is 0 Å². The largest absolute Gasteiger partial charge is 0.391 e. The third kappa shape index (κ3) is 4.89. The van der Waals surface area contributed by atoms with Gasteiger partial charge in [-0.25, -0.2) is 4.98 Å². The van der Waals surface area contributed by atoms with E-state index in [1.165, 1.54) is 5.56 Å². The van der Waals surface area contributed by atoms with Crippen molar-refractivity contribution in [3.05, 3.63) is 39.7 Å². The molecular formula is C19H26N2O2S. The number of benzene rings is 1. The Morgan fingerprint density at radius 2 is 1.88 bits per heavy atom. The molecule has 2 rings (SSSR count). The van der Waals surface area contributed by atoms with Crippen LogP contribution in [0.25, 0.3) is 11.3 Å². The summed E-state index contributed by atoms with van der Waals surface area (Å²) < 4.78 is 0. The molecule has 0 spiro atoms. The van der Waals surface area contributed by atoms with E-state index in [1.54, 1.807) is 11.3 Å². The van der Waals surface area contributed by atoms with Crippen molar-refractivity contribution in [2.24, 2.45) is 5.41 Å². The SMILES string of the molecule is Cc1ccc(-c2nc(C)sc2CC(=O)NCC(O)C(C)(C)C)cc1. The predicted molar refractivity (Wildman–Crippen MR) is 99.2 cm³/mol. The summed E-state index contributed by atoms with van der Waals surface area (Å²) in [7, 11) is 0. The lowest BCUT2D eigenvalue weighted by molar-refractivity contribution is -0.121. The Morgan fingerprint density at radius 3 is 2.46 bits per heavy atom. The number of aliphatic hydroxyl groups excluding tert-OH is 1. The Bertz CT molecular complexity index is 699. The number of aliphatic hydroxyl groups is 1. The molecular weight excluding hydrogens is 320 g/mol. The standard InChI is InChI=1S/C19H26N2O2S/c1-12-6-8-14(9-7-12)18-15(24-13(2)21-18)10-17(23)20-11-16(22)19(3,4)5/h6-9,16,22H,10-11H2,1-5H3,(H,20,23). The van der Waals surface area contributed by atoms with E-state index in [0.29, 0.717) is 0 Å². The summed E-state index contributed by atoms with van der Waals surface area (Å²) in [5, 5.41) is 13.8. The summed E-state index contributed by atoms with van der Waals surface area (Å²) in [6.45, 7) is 10.1. The number of amides is 1. The number of nitrogens with zero attached hydrogens (tertiary/aromatic N) is 1. The second-order valence-corrected chi connectivity index (χ2v) is 8.52. The normalized spacial score (nSPS) is 12.9. The highest BCUT2D eigenvalue weighted by Crippen LogP contribution is 2.28. The lowest BCUT2D eigenvalue weighted by atomic mass is 9.89. The first kappa shape index (κ1) is 18.6. The maximum Gasteiger partial charge on any atom is 0.225 e. The fraction of sp³-hybridized carbons (Fsp3) is 0.474. The van der Waals surface area contributed by atoms with Crippen molar-refractivity contribution in [2.75, 3.05) is 6.54 Å². The van der Waals surface area contributed by atoms with Crippen molar-refractivity contribution in [3.8, 4) is 11.3 Å². The summed E-state index contributed by atoms with van der Waals surface area (Å²) in [5.41, 5.74) is 2.86. The van der Waals surface area contributed by atoms with Gasteiger partial charge < -0.3 is 10.4 Å². The second kappa shape index (κ2) is 7.45. The third-order valence-corrected chi connectivity index (χ3v) is 4.91. The monoisotopic (exact) mass is 346 g/mol. The van der Waals surface area contributed by atoms with Gasteiger partial charge in [-0.05, 0) is 19.3 Å². The molecule has 24 heavy (non-hydrogen) atoms. The molecule has 2 N–H and O–H groups in total. The molecule has 1 aromatic carbocycles. The minimum absolute atomic E-state index is 0.0877. The van der Waals surface area contributed by atoms with Gasteiger partial charge >= 0.3 is 0 Å². The zero-order chi connectivity index (χ0) is 17.9. The van der Waals surface area contributed by atoms with Crippen LogP contribution >= 0.6 is 11.3 Å². The molecule has 2 aromatic rings. The van der Waals surface area contributed by atoms with E-state index in [9.17, 15) is 9.90 Å². The zero-order valence-electron chi connectivity index (χ0n) is 15.0. The van der Waals surface area contributed by atoms with E-state index in [0.717, 1.165) is 21.1 Å². The van der Waals surface area contributed by atoms with Gasteiger partial charge in [-0.1, -0.05) is 50.6 Å². The van der Waals surface area contributed by atoms with Gasteiger partial charge in [-0.15, -0.1) is 11.3 Å². The molecule has 0 fully saturated rings. The van der Waals surface area contributed by atoms with Crippen molar-refractivity contribution in [3.63, 3.8) is 0 Å². The molecule has 0 aliphatic carbocycles. The Labute approximate surface area is 148 Å². The quantitative estimate of drug-likeness (QED) is 0.871. The maximum atomic E-state index is 12.2. The van der Waals surface area contributed by atoms with Crippen LogP contribution in [-0.4, -0.2) is 28.6 Å². The molecule has 0 aliphatic heterocycles. The molecule has 5 heteroatoms. The van der Waals surface area contributed by atoms with Gasteiger partial charge in [-0.3, -0.25) is 4.79 Å². The Balaban J connectivity index is 2.07. The smallest absolute Gasteiger partial charge is 0.225 e. The van der Waals surface area contributed by atoms with Gasteiger partial charge in [0.15, 0.2) is 0 Å². The number of hydrogen-bond donors (Lipinski definition) is 2. The molecule has 1 heterocycles. The topological polar surface area (TPSA) is 62.2 Å². The molecule has 1 atom stereocenters. The number of hydrogen-bond acceptors (Lipinski definition) is 4. The van der Waals surface area contributed by atoms with E-state index in [1.807, 2.05) is 58.9 Å². The summed E-state index contributed by atoms with van der Waals surface area (Å²) in [6.07, 6.45) is -0.285. The second-order valence-electron chi connectivity index (χ2n) is 7.23. The Kier molecular flexibility index (Phi) is 5.78. The van der Waals surface area contributed by atoms with E-state index in [2.05, 4.69) is 10.3 Å². The van der Waals surface area contributed by atoms with Crippen LogP contribution in [0.5, 0.6) is 0 Å². The highest BCUT2D eigenvalue weighted by atomic mass is 32.1. The van der Waals surface area contributed by atoms with Gasteiger partial charge in [0.25, 0.3) is 0 Å². The number of carbonyl (C=O) groups excluding carboxylic acids is 1. The van der Waals surface area contributed by atoms with E-state index < -0.39 is 6.10 Å². The van der Waals surface area contributed by atoms with E-state index >= 15 is 0 Å². The van der Waals surface area contributed by atoms with Gasteiger partial charge in [0, 0.05) is 17.0 Å². The Hall–Kier alpha value is -1.72. The van der Waals surface area contributed by atoms with Crippen molar-refractivity contribution < 1.29 is 9.90 Å². The van der Waals surface area contributed by atoms with Crippen LogP contribution in [0.2, 0.25) is 0 Å². The lowest BCUT2D eigenvalue weighted by Crippen LogP contribution is -2.39. The first-order valence-corrected chi connectivity index (χ1v) is 8.96. The summed E-state index contributed by atoms with van der Waals surface area (Å²) in [4.78, 5) is 17.8. The minimum atomic E-state index is -0.568. The first-order chi connectivity index (χ1) is 11.2. The number of thiazole rings is 1. The molecule has 1 amide bonds. The van der Waals surface area contributed by atoms with Crippen molar-refractivity contribution in [1.29, 1.82) is 0 Å². The fourth-order valence-corrected chi connectivity index (χ4v) is 3.21. The Morgan fingerprint density at radius 1 is 1.25 bits per heavy atom. The number of nitrogens with one attached hydrogen (secondary N) is 1. The molecule has 0 radical (unpaired) electrons. The van der Waals surface area contributed by atoms with Crippen molar-refractivity contribution in [1.82, 2.24) is 10.3 Å². The highest BCUT2D eigenvalue weighted by Gasteiger charge is 2.23. The first-order valence-electron chi connectivity index (χ1n) is 8.15. The summed E-state index contributed by atoms with van der Waals surface area (Å²) in [5.74, 6) is -0.0877. The highest BCUT2D eigenvalue weighted by molar-refractivity contribution is 7.12. The molecule has 1 unspecified atom stereocenters. The number of aromatic nitrogens is 1. The van der Waals surface area contributed by atoms with Crippen molar-refractivity contribution in [2.45, 2.75) is 47.1 Å². The zero-order valence-corrected chi connectivity index (χ0v) is 15.8. The van der Waals surface area contributed by atoms with Crippen LogP contribution in [0.1, 0.15) is 36.2 Å². The molecule has 0 bridgehead atoms. The van der Waals surface area contributed by atoms with Crippen LogP contribution < -0.4 is 5.32 Å². The molecule has 1 aromatic heterocycles. The van der Waals surface area contributed by atoms with Crippen LogP contribution in [0.4, 0.5) is 0 Å². The molecule has 0 saturated heterocycles. The average molecular weight is 346 g/mol. The third-order valence-electron chi connectivity index (χ3n) is 3.94. The summed E-state index contributed by atoms with van der Waals surface area (Å²) >= 11 is 1.55. The van der Waals surface area contributed by atoms with Crippen LogP contribution in [0.15, 0.2) is 24.3 Å². The van der Waals surface area contributed by atoms with E-state index in [4.69, 9.17) is 0 Å². The van der Waals surface area contributed by atoms with Gasteiger partial charge in [-0.2, -0.15) is 0 Å². The number of carbonyl (C=O) groups is 1. The maximum absolute atomic E-state index is 12.2. The molecule has 0 aliphatic rings. The minimum Gasteiger partial charge on any atom is -0.391 e. The lowest BCUT2D eigenvalue weighted by Gasteiger charge is -2.25. The number of rotatable bonds is 5. The molecule has 4 nitrogen and oxygen atoms in total. The average Bonchev–Trinajstić information content (AvgIpc) is 2.85. The predicted octanol–water partition coefficient (Wildman–Crippen LogP) is 3.49. The van der Waals surface area contributed by atoms with Gasteiger partial charge in [0.2, 0.25) is 5.91 Å². The molecule has 130 valence electrons. The number of aryl methyl sites for hydroxylation is 2. The van der Waals surface area contributed by atoms with Gasteiger partial charge in [0.1, 0.15) is 0 Å². The van der Waals surface area contributed by atoms with E-state index in [-0.39, 0.29) is 24.3 Å². The van der Waals surface area contributed by atoms with Crippen molar-refractivity contribution >= 4 is 17.2 Å². The fourth-order valence-electron chi connectivity index (χ4n) is 2.25. The van der Waals surface area contributed by atoms with Gasteiger partial charge in [0.05, 0.1) is 23.2 Å². The molecule has 0 saturated carbocycles.